The molecule has 2 N–H and O–H groups in total. The lowest BCUT2D eigenvalue weighted by molar-refractivity contribution is 0.138. The lowest BCUT2D eigenvalue weighted by Crippen LogP contribution is -2.43. The van der Waals surface area contributed by atoms with Gasteiger partial charge in [-0.05, 0) is 49.3 Å². The van der Waals surface area contributed by atoms with E-state index in [2.05, 4.69) is 46.7 Å². The van der Waals surface area contributed by atoms with Crippen molar-refractivity contribution >= 4 is 47.4 Å². The summed E-state index contributed by atoms with van der Waals surface area (Å²) in [5.41, 5.74) is 2.96. The molecule has 170 valence electrons. The second-order valence-electron chi connectivity index (χ2n) is 8.26. The Bertz CT molecular complexity index is 629. The number of nitrogens with one attached hydrogen (secondary N) is 2. The summed E-state index contributed by atoms with van der Waals surface area (Å²) in [6.45, 7) is 7.84. The largest absolute Gasteiger partial charge is 0.385 e. The second kappa shape index (κ2) is 13.7. The summed E-state index contributed by atoms with van der Waals surface area (Å²) in [6.07, 6.45) is 6.38. The molecule has 2 aliphatic rings. The van der Waals surface area contributed by atoms with E-state index >= 15 is 0 Å². The number of hydrogen-bond acceptors (Lipinski definition) is 4. The van der Waals surface area contributed by atoms with Gasteiger partial charge in [-0.2, -0.15) is 11.8 Å². The number of rotatable bonds is 9. The number of methoxy groups -OCH3 is 1. The zero-order chi connectivity index (χ0) is 20.4. The van der Waals surface area contributed by atoms with Gasteiger partial charge in [0.2, 0.25) is 0 Å². The molecule has 1 heterocycles. The number of thioether (sulfide) groups is 1. The number of aliphatic imine (C=N–C) groups is 1. The molecule has 7 heteroatoms. The van der Waals surface area contributed by atoms with E-state index in [-0.39, 0.29) is 24.0 Å². The maximum Gasteiger partial charge on any atom is 0.191 e. The molecule has 0 unspecified atom stereocenters. The molecule has 2 fully saturated rings. The van der Waals surface area contributed by atoms with Gasteiger partial charge in [0.1, 0.15) is 0 Å². The Balaban J connectivity index is 0.00000320. The Morgan fingerprint density at radius 2 is 1.83 bits per heavy atom. The van der Waals surface area contributed by atoms with E-state index in [9.17, 15) is 0 Å². The number of halogens is 1. The molecule has 0 atom stereocenters. The Hall–Kier alpha value is -0.670. The van der Waals surface area contributed by atoms with Gasteiger partial charge in [-0.1, -0.05) is 25.0 Å². The number of ether oxygens (including phenoxy) is 1. The first-order valence-corrected chi connectivity index (χ1v) is 12.3. The number of nitrogens with zero attached hydrogens (tertiary/aromatic N) is 2. The monoisotopic (exact) mass is 546 g/mol. The highest BCUT2D eigenvalue weighted by atomic mass is 127. The van der Waals surface area contributed by atoms with Gasteiger partial charge in [0.15, 0.2) is 5.96 Å². The quantitative estimate of drug-likeness (QED) is 0.271. The van der Waals surface area contributed by atoms with Gasteiger partial charge < -0.3 is 20.3 Å². The van der Waals surface area contributed by atoms with Crippen LogP contribution in [0.4, 0.5) is 5.69 Å². The Kier molecular flexibility index (Phi) is 11.7. The molecule has 1 saturated heterocycles. The second-order valence-corrected chi connectivity index (χ2v) is 9.49. The molecule has 1 aromatic rings. The van der Waals surface area contributed by atoms with Crippen molar-refractivity contribution in [1.82, 2.24) is 10.6 Å². The van der Waals surface area contributed by atoms with Crippen LogP contribution >= 0.6 is 35.7 Å². The van der Waals surface area contributed by atoms with E-state index in [1.165, 1.54) is 48.4 Å². The molecule has 0 spiro atoms. The third kappa shape index (κ3) is 7.79. The third-order valence-electron chi connectivity index (χ3n) is 6.21. The number of anilines is 1. The Morgan fingerprint density at radius 3 is 2.47 bits per heavy atom. The summed E-state index contributed by atoms with van der Waals surface area (Å²) < 4.78 is 5.36. The van der Waals surface area contributed by atoms with Gasteiger partial charge in [0.25, 0.3) is 0 Å². The van der Waals surface area contributed by atoms with E-state index in [0.717, 1.165) is 45.2 Å². The van der Waals surface area contributed by atoms with Crippen molar-refractivity contribution in [3.63, 3.8) is 0 Å². The maximum absolute atomic E-state index is 5.36. The standard InChI is InChI=1S/C23H38N4OS.HI/c1-3-24-22(26-19-23(12-15-28-2)10-4-5-11-23)25-18-20-6-8-21(9-7-20)27-13-16-29-17-14-27;/h6-9H,3-5,10-19H2,1-2H3,(H2,24,25,26);1H. The zero-order valence-electron chi connectivity index (χ0n) is 18.6. The predicted molar refractivity (Wildman–Crippen MR) is 142 cm³/mol. The minimum Gasteiger partial charge on any atom is -0.385 e. The van der Waals surface area contributed by atoms with E-state index in [0.29, 0.717) is 12.0 Å². The molecule has 0 aromatic heterocycles. The summed E-state index contributed by atoms with van der Waals surface area (Å²) in [7, 11) is 1.80. The lowest BCUT2D eigenvalue weighted by Gasteiger charge is -2.30. The highest BCUT2D eigenvalue weighted by Crippen LogP contribution is 2.40. The van der Waals surface area contributed by atoms with E-state index < -0.39 is 0 Å². The van der Waals surface area contributed by atoms with Gasteiger partial charge >= 0.3 is 0 Å². The van der Waals surface area contributed by atoms with Crippen LogP contribution in [0.3, 0.4) is 0 Å². The smallest absolute Gasteiger partial charge is 0.191 e. The molecular weight excluding hydrogens is 507 g/mol. The molecule has 1 aromatic carbocycles. The van der Waals surface area contributed by atoms with Crippen LogP contribution in [0.15, 0.2) is 29.3 Å². The Morgan fingerprint density at radius 1 is 1.13 bits per heavy atom. The first kappa shape index (κ1) is 25.6. The van der Waals surface area contributed by atoms with Crippen LogP contribution in [0.5, 0.6) is 0 Å². The van der Waals surface area contributed by atoms with Crippen molar-refractivity contribution in [2.75, 3.05) is 56.3 Å². The highest BCUT2D eigenvalue weighted by molar-refractivity contribution is 14.0. The van der Waals surface area contributed by atoms with Crippen LogP contribution in [0.2, 0.25) is 0 Å². The highest BCUT2D eigenvalue weighted by Gasteiger charge is 2.33. The minimum atomic E-state index is 0. The fourth-order valence-corrected chi connectivity index (χ4v) is 5.28. The summed E-state index contributed by atoms with van der Waals surface area (Å²) in [5, 5.41) is 7.03. The lowest BCUT2D eigenvalue weighted by atomic mass is 9.83. The fourth-order valence-electron chi connectivity index (χ4n) is 4.38. The van der Waals surface area contributed by atoms with Crippen LogP contribution in [-0.4, -0.2) is 57.4 Å². The van der Waals surface area contributed by atoms with Crippen LogP contribution in [-0.2, 0) is 11.3 Å². The molecule has 0 radical (unpaired) electrons. The Labute approximate surface area is 204 Å². The average Bonchev–Trinajstić information content (AvgIpc) is 3.24. The normalized spacial score (nSPS) is 18.7. The first-order valence-electron chi connectivity index (χ1n) is 11.2. The van der Waals surface area contributed by atoms with Crippen LogP contribution in [0.25, 0.3) is 0 Å². The summed E-state index contributed by atoms with van der Waals surface area (Å²) in [4.78, 5) is 7.33. The van der Waals surface area contributed by atoms with Crippen molar-refractivity contribution in [1.29, 1.82) is 0 Å². The van der Waals surface area contributed by atoms with Crippen LogP contribution in [0.1, 0.15) is 44.6 Å². The molecule has 3 rings (SSSR count). The molecular formula is C23H39IN4OS. The van der Waals surface area contributed by atoms with E-state index in [1.54, 1.807) is 7.11 Å². The van der Waals surface area contributed by atoms with Gasteiger partial charge in [0.05, 0.1) is 6.54 Å². The van der Waals surface area contributed by atoms with Crippen molar-refractivity contribution < 1.29 is 4.74 Å². The predicted octanol–water partition coefficient (Wildman–Crippen LogP) is 4.51. The van der Waals surface area contributed by atoms with Crippen molar-refractivity contribution in [3.8, 4) is 0 Å². The van der Waals surface area contributed by atoms with Crippen LogP contribution in [0, 0.1) is 5.41 Å². The maximum atomic E-state index is 5.36. The number of benzene rings is 1. The summed E-state index contributed by atoms with van der Waals surface area (Å²) in [5.74, 6) is 3.39. The summed E-state index contributed by atoms with van der Waals surface area (Å²) in [6, 6.07) is 8.95. The SMILES string of the molecule is CCNC(=NCc1ccc(N2CCSCC2)cc1)NCC1(CCOC)CCCC1.I. The zero-order valence-corrected chi connectivity index (χ0v) is 21.8. The molecule has 30 heavy (non-hydrogen) atoms. The minimum absolute atomic E-state index is 0. The van der Waals surface area contributed by atoms with E-state index in [1.807, 2.05) is 11.8 Å². The van der Waals surface area contributed by atoms with Crippen molar-refractivity contribution in [3.05, 3.63) is 29.8 Å². The van der Waals surface area contributed by atoms with Gasteiger partial charge in [-0.3, -0.25) is 0 Å². The average molecular weight is 547 g/mol. The molecule has 0 amide bonds. The van der Waals surface area contributed by atoms with Gasteiger partial charge in [-0.15, -0.1) is 24.0 Å². The number of hydrogen-bond donors (Lipinski definition) is 2. The molecule has 0 bridgehead atoms. The molecule has 1 aliphatic heterocycles. The van der Waals surface area contributed by atoms with E-state index in [4.69, 9.17) is 9.73 Å². The molecule has 1 saturated carbocycles. The molecule has 1 aliphatic carbocycles. The third-order valence-corrected chi connectivity index (χ3v) is 7.15. The number of guanidine groups is 1. The first-order chi connectivity index (χ1) is 14.2. The topological polar surface area (TPSA) is 48.9 Å². The fraction of sp³-hybridized carbons (Fsp3) is 0.696. The molecule has 5 nitrogen and oxygen atoms in total. The van der Waals surface area contributed by atoms with Crippen LogP contribution < -0.4 is 15.5 Å². The van der Waals surface area contributed by atoms with Crippen molar-refractivity contribution in [2.45, 2.75) is 45.6 Å². The van der Waals surface area contributed by atoms with Gasteiger partial charge in [0, 0.05) is 57.1 Å². The van der Waals surface area contributed by atoms with Crippen molar-refractivity contribution in [2.24, 2.45) is 10.4 Å². The summed E-state index contributed by atoms with van der Waals surface area (Å²) >= 11 is 2.05. The van der Waals surface area contributed by atoms with Gasteiger partial charge in [-0.25, -0.2) is 4.99 Å².